The van der Waals surface area contributed by atoms with Crippen LogP contribution in [-0.2, 0) is 11.3 Å². The lowest BCUT2D eigenvalue weighted by Crippen LogP contribution is -2.28. The molecule has 0 bridgehead atoms. The number of hydrogen-bond acceptors (Lipinski definition) is 4. The van der Waals surface area contributed by atoms with Gasteiger partial charge in [0.05, 0.1) is 12.3 Å². The van der Waals surface area contributed by atoms with Crippen molar-refractivity contribution in [1.82, 2.24) is 10.2 Å². The van der Waals surface area contributed by atoms with Gasteiger partial charge in [0.1, 0.15) is 17.7 Å². The highest BCUT2D eigenvalue weighted by molar-refractivity contribution is 8.00. The summed E-state index contributed by atoms with van der Waals surface area (Å²) in [6.07, 6.45) is 0. The summed E-state index contributed by atoms with van der Waals surface area (Å²) in [5.74, 6) is 1.30. The fraction of sp³-hybridized carbons (Fsp3) is 0.231. The molecule has 1 saturated heterocycles. The normalized spacial score (nSPS) is 15.6. The summed E-state index contributed by atoms with van der Waals surface area (Å²) in [6, 6.07) is 25.3. The van der Waals surface area contributed by atoms with Gasteiger partial charge in [-0.2, -0.15) is 0 Å². The van der Waals surface area contributed by atoms with Crippen molar-refractivity contribution in [1.29, 1.82) is 0 Å². The molecular weight excluding hydrogens is 420 g/mol. The Kier molecular flexibility index (Phi) is 7.12. The molecule has 0 aromatic heterocycles. The van der Waals surface area contributed by atoms with Crippen molar-refractivity contribution in [2.45, 2.75) is 18.8 Å². The molecule has 1 atom stereocenters. The second-order valence-corrected chi connectivity index (χ2v) is 8.73. The van der Waals surface area contributed by atoms with Gasteiger partial charge >= 0.3 is 0 Å². The van der Waals surface area contributed by atoms with Crippen molar-refractivity contribution in [3.8, 4) is 5.75 Å². The zero-order valence-electron chi connectivity index (χ0n) is 18.0. The van der Waals surface area contributed by atoms with E-state index in [0.29, 0.717) is 31.0 Å². The van der Waals surface area contributed by atoms with E-state index in [0.717, 1.165) is 22.4 Å². The monoisotopic (exact) mass is 446 g/mol. The van der Waals surface area contributed by atoms with Gasteiger partial charge in [0.15, 0.2) is 0 Å². The highest BCUT2D eigenvalue weighted by Gasteiger charge is 2.32. The molecule has 1 aliphatic rings. The number of carbonyl (C=O) groups is 2. The molecule has 32 heavy (non-hydrogen) atoms. The van der Waals surface area contributed by atoms with E-state index in [1.54, 1.807) is 11.8 Å². The van der Waals surface area contributed by atoms with Crippen molar-refractivity contribution in [2.75, 3.05) is 18.9 Å². The molecule has 1 aliphatic heterocycles. The Hall–Kier alpha value is -3.25. The summed E-state index contributed by atoms with van der Waals surface area (Å²) in [5.41, 5.74) is 3.79. The van der Waals surface area contributed by atoms with Crippen LogP contribution in [0.4, 0.5) is 0 Å². The quantitative estimate of drug-likeness (QED) is 0.515. The van der Waals surface area contributed by atoms with Crippen LogP contribution in [0.5, 0.6) is 5.75 Å². The van der Waals surface area contributed by atoms with Gasteiger partial charge in [-0.1, -0.05) is 60.7 Å². The summed E-state index contributed by atoms with van der Waals surface area (Å²) in [4.78, 5) is 26.8. The van der Waals surface area contributed by atoms with E-state index in [-0.39, 0.29) is 17.2 Å². The van der Waals surface area contributed by atoms with E-state index in [1.165, 1.54) is 0 Å². The zero-order chi connectivity index (χ0) is 22.3. The number of rotatable bonds is 8. The first kappa shape index (κ1) is 22.0. The third kappa shape index (κ3) is 5.32. The van der Waals surface area contributed by atoms with E-state index in [9.17, 15) is 9.59 Å². The number of benzene rings is 3. The largest absolute Gasteiger partial charge is 0.491 e. The van der Waals surface area contributed by atoms with Gasteiger partial charge in [-0.25, -0.2) is 0 Å². The molecule has 5 nitrogen and oxygen atoms in total. The van der Waals surface area contributed by atoms with Crippen LogP contribution < -0.4 is 10.1 Å². The highest BCUT2D eigenvalue weighted by atomic mass is 32.2. The Morgan fingerprint density at radius 2 is 1.75 bits per heavy atom. The van der Waals surface area contributed by atoms with Crippen molar-refractivity contribution in [3.63, 3.8) is 0 Å². The van der Waals surface area contributed by atoms with Gasteiger partial charge in [-0.15, -0.1) is 11.8 Å². The van der Waals surface area contributed by atoms with Crippen LogP contribution in [0.3, 0.4) is 0 Å². The molecule has 0 spiro atoms. The molecule has 1 N–H and O–H groups in total. The minimum atomic E-state index is -0.138. The topological polar surface area (TPSA) is 58.6 Å². The Balaban J connectivity index is 1.32. The van der Waals surface area contributed by atoms with Crippen LogP contribution in [0, 0.1) is 6.92 Å². The minimum absolute atomic E-state index is 0.0395. The average molecular weight is 447 g/mol. The van der Waals surface area contributed by atoms with Gasteiger partial charge in [-0.05, 0) is 41.8 Å². The predicted molar refractivity (Wildman–Crippen MR) is 128 cm³/mol. The Bertz CT molecular complexity index is 1070. The number of ether oxygens (including phenoxy) is 1. The zero-order valence-corrected chi connectivity index (χ0v) is 18.8. The number of carbonyl (C=O) groups excluding carboxylic acids is 2. The molecule has 3 aromatic rings. The van der Waals surface area contributed by atoms with E-state index >= 15 is 0 Å². The second-order valence-electron chi connectivity index (χ2n) is 7.66. The van der Waals surface area contributed by atoms with Crippen molar-refractivity contribution >= 4 is 23.6 Å². The lowest BCUT2D eigenvalue weighted by molar-refractivity contribution is -0.128. The standard InChI is InChI=1S/C26H26N2O3S/c1-19-7-5-6-10-23(19)31-16-15-27-25(30)21-11-13-22(14-12-21)26-28(24(29)18-32-26)17-20-8-3-2-4-9-20/h2-14,26H,15-18H2,1H3,(H,27,30)/t26-/m0/s1. The van der Waals surface area contributed by atoms with Gasteiger partial charge in [0.25, 0.3) is 5.91 Å². The molecule has 0 radical (unpaired) electrons. The van der Waals surface area contributed by atoms with Gasteiger partial charge in [0.2, 0.25) is 5.91 Å². The number of hydrogen-bond donors (Lipinski definition) is 1. The molecule has 0 aliphatic carbocycles. The summed E-state index contributed by atoms with van der Waals surface area (Å²) >= 11 is 1.62. The maximum absolute atomic E-state index is 12.5. The summed E-state index contributed by atoms with van der Waals surface area (Å²) in [5, 5.41) is 2.85. The number of thioether (sulfide) groups is 1. The van der Waals surface area contributed by atoms with Crippen molar-refractivity contribution in [3.05, 3.63) is 101 Å². The summed E-state index contributed by atoms with van der Waals surface area (Å²) in [7, 11) is 0. The molecule has 6 heteroatoms. The van der Waals surface area contributed by atoms with E-state index in [4.69, 9.17) is 4.74 Å². The predicted octanol–water partition coefficient (Wildman–Crippen LogP) is 4.58. The first-order chi connectivity index (χ1) is 15.6. The number of para-hydroxylation sites is 1. The molecule has 1 fully saturated rings. The lowest BCUT2D eigenvalue weighted by Gasteiger charge is -2.24. The first-order valence-electron chi connectivity index (χ1n) is 10.6. The third-order valence-corrected chi connectivity index (χ3v) is 6.62. The third-order valence-electron chi connectivity index (χ3n) is 5.36. The van der Waals surface area contributed by atoms with Gasteiger partial charge in [0, 0.05) is 12.1 Å². The molecule has 4 rings (SSSR count). The van der Waals surface area contributed by atoms with Crippen LogP contribution in [0.2, 0.25) is 0 Å². The number of amides is 2. The first-order valence-corrected chi connectivity index (χ1v) is 11.7. The molecule has 0 saturated carbocycles. The second kappa shape index (κ2) is 10.4. The Labute approximate surface area is 192 Å². The van der Waals surface area contributed by atoms with Crippen LogP contribution >= 0.6 is 11.8 Å². The maximum Gasteiger partial charge on any atom is 0.251 e. The fourth-order valence-corrected chi connectivity index (χ4v) is 4.81. The molecule has 2 amide bonds. The van der Waals surface area contributed by atoms with Crippen molar-refractivity contribution < 1.29 is 14.3 Å². The Morgan fingerprint density at radius 3 is 2.50 bits per heavy atom. The highest BCUT2D eigenvalue weighted by Crippen LogP contribution is 2.39. The van der Waals surface area contributed by atoms with E-state index in [2.05, 4.69) is 5.32 Å². The van der Waals surface area contributed by atoms with Crippen LogP contribution in [0.1, 0.15) is 32.4 Å². The molecule has 164 valence electrons. The van der Waals surface area contributed by atoms with Crippen LogP contribution in [0.15, 0.2) is 78.9 Å². The summed E-state index contributed by atoms with van der Waals surface area (Å²) in [6.45, 7) is 3.41. The molecule has 0 unspecified atom stereocenters. The van der Waals surface area contributed by atoms with Crippen LogP contribution in [-0.4, -0.2) is 35.6 Å². The van der Waals surface area contributed by atoms with Crippen molar-refractivity contribution in [2.24, 2.45) is 0 Å². The van der Waals surface area contributed by atoms with Crippen LogP contribution in [0.25, 0.3) is 0 Å². The minimum Gasteiger partial charge on any atom is -0.491 e. The fourth-order valence-electron chi connectivity index (χ4n) is 3.63. The molecule has 3 aromatic carbocycles. The maximum atomic E-state index is 12.5. The molecular formula is C26H26N2O3S. The Morgan fingerprint density at radius 1 is 1.03 bits per heavy atom. The van der Waals surface area contributed by atoms with E-state index in [1.807, 2.05) is 90.7 Å². The van der Waals surface area contributed by atoms with E-state index < -0.39 is 0 Å². The van der Waals surface area contributed by atoms with Gasteiger partial charge < -0.3 is 15.0 Å². The van der Waals surface area contributed by atoms with Gasteiger partial charge in [-0.3, -0.25) is 9.59 Å². The number of nitrogens with zero attached hydrogens (tertiary/aromatic N) is 1. The molecule has 1 heterocycles. The number of aryl methyl sites for hydroxylation is 1. The SMILES string of the molecule is Cc1ccccc1OCCNC(=O)c1ccc([C@@H]2SCC(=O)N2Cc2ccccc2)cc1. The average Bonchev–Trinajstić information content (AvgIpc) is 3.18. The number of nitrogens with one attached hydrogen (secondary N) is 1. The smallest absolute Gasteiger partial charge is 0.251 e. The lowest BCUT2D eigenvalue weighted by atomic mass is 10.1. The summed E-state index contributed by atoms with van der Waals surface area (Å²) < 4.78 is 5.73.